The van der Waals surface area contributed by atoms with Gasteiger partial charge >= 0.3 is 0 Å². The molecule has 2 heteroatoms. The Hall–Kier alpha value is -0.890. The third kappa shape index (κ3) is 1.73. The van der Waals surface area contributed by atoms with E-state index in [1.54, 1.807) is 6.07 Å². The third-order valence-corrected chi connectivity index (χ3v) is 2.65. The first-order chi connectivity index (χ1) is 6.27. The molecule has 1 aliphatic heterocycles. The van der Waals surface area contributed by atoms with Crippen LogP contribution < -0.4 is 5.32 Å². The van der Waals surface area contributed by atoms with Crippen LogP contribution in [0.25, 0.3) is 0 Å². The Morgan fingerprint density at radius 2 is 2.31 bits per heavy atom. The van der Waals surface area contributed by atoms with Gasteiger partial charge in [-0.3, -0.25) is 0 Å². The van der Waals surface area contributed by atoms with Gasteiger partial charge in [0.2, 0.25) is 0 Å². The normalized spacial score (nSPS) is 22.2. The minimum Gasteiger partial charge on any atom is -0.316 e. The van der Waals surface area contributed by atoms with E-state index in [9.17, 15) is 4.39 Å². The topological polar surface area (TPSA) is 12.0 Å². The van der Waals surface area contributed by atoms with E-state index < -0.39 is 0 Å². The Balaban J connectivity index is 2.32. The highest BCUT2D eigenvalue weighted by atomic mass is 19.1. The molecule has 0 saturated carbocycles. The molecule has 0 spiro atoms. The van der Waals surface area contributed by atoms with Crippen LogP contribution in [-0.2, 0) is 0 Å². The van der Waals surface area contributed by atoms with Crippen LogP contribution in [-0.4, -0.2) is 13.1 Å². The van der Waals surface area contributed by atoms with Crippen LogP contribution in [0.2, 0.25) is 0 Å². The second kappa shape index (κ2) is 3.46. The van der Waals surface area contributed by atoms with Crippen molar-refractivity contribution in [1.29, 1.82) is 0 Å². The predicted octanol–water partition coefficient (Wildman–Crippen LogP) is 2.21. The first-order valence-electron chi connectivity index (χ1n) is 4.74. The SMILES string of the molecule is Cc1ccc(F)c([C@H]2CCNC2)c1. The van der Waals surface area contributed by atoms with E-state index in [-0.39, 0.29) is 5.82 Å². The molecule has 1 fully saturated rings. The van der Waals surface area contributed by atoms with Crippen LogP contribution in [0.1, 0.15) is 23.5 Å². The first-order valence-corrected chi connectivity index (χ1v) is 4.74. The fourth-order valence-corrected chi connectivity index (χ4v) is 1.90. The Bertz CT molecular complexity index is 303. The van der Waals surface area contributed by atoms with Gasteiger partial charge in [0.15, 0.2) is 0 Å². The molecule has 70 valence electrons. The summed E-state index contributed by atoms with van der Waals surface area (Å²) < 4.78 is 13.4. The van der Waals surface area contributed by atoms with Crippen molar-refractivity contribution in [2.75, 3.05) is 13.1 Å². The zero-order chi connectivity index (χ0) is 9.26. The van der Waals surface area contributed by atoms with Crippen molar-refractivity contribution < 1.29 is 4.39 Å². The second-order valence-electron chi connectivity index (χ2n) is 3.71. The van der Waals surface area contributed by atoms with Crippen molar-refractivity contribution in [2.24, 2.45) is 0 Å². The van der Waals surface area contributed by atoms with Crippen LogP contribution in [0.5, 0.6) is 0 Å². The Morgan fingerprint density at radius 1 is 1.46 bits per heavy atom. The quantitative estimate of drug-likeness (QED) is 0.697. The van der Waals surface area contributed by atoms with Crippen molar-refractivity contribution in [3.05, 3.63) is 35.1 Å². The average Bonchev–Trinajstić information content (AvgIpc) is 2.61. The number of hydrogen-bond donors (Lipinski definition) is 1. The van der Waals surface area contributed by atoms with E-state index in [1.807, 2.05) is 19.1 Å². The van der Waals surface area contributed by atoms with Gasteiger partial charge < -0.3 is 5.32 Å². The summed E-state index contributed by atoms with van der Waals surface area (Å²) >= 11 is 0. The summed E-state index contributed by atoms with van der Waals surface area (Å²) in [4.78, 5) is 0. The van der Waals surface area contributed by atoms with Gasteiger partial charge in [0.1, 0.15) is 5.82 Å². The highest BCUT2D eigenvalue weighted by Gasteiger charge is 2.19. The van der Waals surface area contributed by atoms with Crippen molar-refractivity contribution in [2.45, 2.75) is 19.3 Å². The van der Waals surface area contributed by atoms with Crippen molar-refractivity contribution >= 4 is 0 Å². The second-order valence-corrected chi connectivity index (χ2v) is 3.71. The van der Waals surface area contributed by atoms with Gasteiger partial charge in [-0.05, 0) is 31.5 Å². The zero-order valence-electron chi connectivity index (χ0n) is 7.81. The van der Waals surface area contributed by atoms with Gasteiger partial charge in [0.05, 0.1) is 0 Å². The Labute approximate surface area is 78.0 Å². The molecule has 13 heavy (non-hydrogen) atoms. The molecule has 1 atom stereocenters. The van der Waals surface area contributed by atoms with Crippen molar-refractivity contribution in [3.63, 3.8) is 0 Å². The first kappa shape index (κ1) is 8.70. The third-order valence-electron chi connectivity index (χ3n) is 2.65. The molecule has 1 heterocycles. The van der Waals surface area contributed by atoms with E-state index in [2.05, 4.69) is 5.32 Å². The fourth-order valence-electron chi connectivity index (χ4n) is 1.90. The Kier molecular flexibility index (Phi) is 2.32. The van der Waals surface area contributed by atoms with Gasteiger partial charge in [-0.15, -0.1) is 0 Å². The van der Waals surface area contributed by atoms with E-state index in [0.717, 1.165) is 30.6 Å². The molecule has 1 saturated heterocycles. The van der Waals surface area contributed by atoms with Crippen LogP contribution in [0, 0.1) is 12.7 Å². The van der Waals surface area contributed by atoms with E-state index in [0.29, 0.717) is 5.92 Å². The smallest absolute Gasteiger partial charge is 0.126 e. The minimum absolute atomic E-state index is 0.0562. The van der Waals surface area contributed by atoms with Crippen LogP contribution in [0.3, 0.4) is 0 Å². The molecule has 1 N–H and O–H groups in total. The maximum Gasteiger partial charge on any atom is 0.126 e. The lowest BCUT2D eigenvalue weighted by Crippen LogP contribution is -2.09. The van der Waals surface area contributed by atoms with Gasteiger partial charge in [-0.2, -0.15) is 0 Å². The predicted molar refractivity (Wildman–Crippen MR) is 51.4 cm³/mol. The van der Waals surface area contributed by atoms with E-state index in [1.165, 1.54) is 0 Å². The van der Waals surface area contributed by atoms with Crippen molar-refractivity contribution in [3.8, 4) is 0 Å². The molecular formula is C11H14FN. The number of hydrogen-bond acceptors (Lipinski definition) is 1. The molecule has 2 rings (SSSR count). The van der Waals surface area contributed by atoms with Gasteiger partial charge in [0, 0.05) is 12.5 Å². The lowest BCUT2D eigenvalue weighted by Gasteiger charge is -2.10. The summed E-state index contributed by atoms with van der Waals surface area (Å²) in [6, 6.07) is 5.36. The van der Waals surface area contributed by atoms with Crippen LogP contribution in [0.4, 0.5) is 4.39 Å². The average molecular weight is 179 g/mol. The van der Waals surface area contributed by atoms with Crippen LogP contribution in [0.15, 0.2) is 18.2 Å². The van der Waals surface area contributed by atoms with Crippen molar-refractivity contribution in [1.82, 2.24) is 5.32 Å². The number of halogens is 1. The molecule has 1 aromatic rings. The fraction of sp³-hybridized carbons (Fsp3) is 0.455. The zero-order valence-corrected chi connectivity index (χ0v) is 7.81. The maximum atomic E-state index is 13.4. The largest absolute Gasteiger partial charge is 0.316 e. The lowest BCUT2D eigenvalue weighted by atomic mass is 9.96. The molecule has 0 amide bonds. The van der Waals surface area contributed by atoms with Gasteiger partial charge in [0.25, 0.3) is 0 Å². The number of nitrogens with one attached hydrogen (secondary N) is 1. The summed E-state index contributed by atoms with van der Waals surface area (Å²) in [7, 11) is 0. The maximum absolute atomic E-state index is 13.4. The minimum atomic E-state index is -0.0562. The molecular weight excluding hydrogens is 165 g/mol. The van der Waals surface area contributed by atoms with Gasteiger partial charge in [-0.25, -0.2) is 4.39 Å². The summed E-state index contributed by atoms with van der Waals surface area (Å²) in [6.07, 6.45) is 1.06. The highest BCUT2D eigenvalue weighted by Crippen LogP contribution is 2.25. The molecule has 1 nitrogen and oxygen atoms in total. The molecule has 1 aliphatic rings. The lowest BCUT2D eigenvalue weighted by molar-refractivity contribution is 0.587. The molecule has 0 unspecified atom stereocenters. The molecule has 0 aromatic heterocycles. The summed E-state index contributed by atoms with van der Waals surface area (Å²) in [5, 5.41) is 3.25. The number of rotatable bonds is 1. The molecule has 0 aliphatic carbocycles. The van der Waals surface area contributed by atoms with Gasteiger partial charge in [-0.1, -0.05) is 17.7 Å². The monoisotopic (exact) mass is 179 g/mol. The van der Waals surface area contributed by atoms with E-state index >= 15 is 0 Å². The standard InChI is InChI=1S/C11H14FN/c1-8-2-3-11(12)10(6-8)9-4-5-13-7-9/h2-3,6,9,13H,4-5,7H2,1H3/t9-/m0/s1. The summed E-state index contributed by atoms with van der Waals surface area (Å²) in [5.74, 6) is 0.319. The molecule has 0 bridgehead atoms. The highest BCUT2D eigenvalue weighted by molar-refractivity contribution is 5.28. The summed E-state index contributed by atoms with van der Waals surface area (Å²) in [6.45, 7) is 3.93. The Morgan fingerprint density at radius 3 is 3.00 bits per heavy atom. The molecule has 1 aromatic carbocycles. The number of aryl methyl sites for hydroxylation is 1. The number of benzene rings is 1. The van der Waals surface area contributed by atoms with E-state index in [4.69, 9.17) is 0 Å². The summed E-state index contributed by atoms with van der Waals surface area (Å²) in [5.41, 5.74) is 2.02. The van der Waals surface area contributed by atoms with Crippen LogP contribution >= 0.6 is 0 Å². The molecule has 0 radical (unpaired) electrons.